The van der Waals surface area contributed by atoms with E-state index in [2.05, 4.69) is 25.3 Å². The van der Waals surface area contributed by atoms with Gasteiger partial charge in [0.05, 0.1) is 12.8 Å². The van der Waals surface area contributed by atoms with E-state index < -0.39 is 6.36 Å². The average molecular weight is 404 g/mol. The number of hydrogen-bond donors (Lipinski definition) is 2. The van der Waals surface area contributed by atoms with Gasteiger partial charge in [0.25, 0.3) is 0 Å². The molecule has 0 saturated heterocycles. The fourth-order valence-corrected chi connectivity index (χ4v) is 2.68. The molecule has 0 aliphatic carbocycles. The van der Waals surface area contributed by atoms with Gasteiger partial charge in [-0.15, -0.1) is 13.2 Å². The van der Waals surface area contributed by atoms with Gasteiger partial charge in [-0.25, -0.2) is 4.98 Å². The van der Waals surface area contributed by atoms with Gasteiger partial charge in [0.15, 0.2) is 0 Å². The second-order valence-electron chi connectivity index (χ2n) is 5.95. The summed E-state index contributed by atoms with van der Waals surface area (Å²) in [6, 6.07) is 14.8. The summed E-state index contributed by atoms with van der Waals surface area (Å²) in [5, 5.41) is 6.04. The van der Waals surface area contributed by atoms with Crippen LogP contribution >= 0.6 is 0 Å². The van der Waals surface area contributed by atoms with Crippen molar-refractivity contribution in [1.29, 1.82) is 0 Å². The summed E-state index contributed by atoms with van der Waals surface area (Å²) in [7, 11) is 3.25. The molecular weight excluding hydrogens is 385 g/mol. The Bertz CT molecular complexity index is 980. The Balaban J connectivity index is 1.87. The first-order valence-electron chi connectivity index (χ1n) is 8.67. The van der Waals surface area contributed by atoms with Crippen molar-refractivity contribution in [2.75, 3.05) is 24.8 Å². The second kappa shape index (κ2) is 8.68. The van der Waals surface area contributed by atoms with E-state index >= 15 is 0 Å². The van der Waals surface area contributed by atoms with Gasteiger partial charge in [0.2, 0.25) is 5.95 Å². The van der Waals surface area contributed by atoms with Crippen LogP contribution in [0.25, 0.3) is 11.3 Å². The Morgan fingerprint density at radius 1 is 1.00 bits per heavy atom. The van der Waals surface area contributed by atoms with Gasteiger partial charge in [0.1, 0.15) is 17.3 Å². The van der Waals surface area contributed by atoms with Gasteiger partial charge in [-0.3, -0.25) is 0 Å². The number of anilines is 2. The maximum Gasteiger partial charge on any atom is 0.573 e. The van der Waals surface area contributed by atoms with E-state index in [1.54, 1.807) is 26.3 Å². The Kier molecular flexibility index (Phi) is 6.06. The van der Waals surface area contributed by atoms with E-state index in [0.717, 1.165) is 11.3 Å². The smallest absolute Gasteiger partial charge is 0.496 e. The molecule has 0 fully saturated rings. The molecule has 0 spiro atoms. The molecule has 0 aliphatic heterocycles. The summed E-state index contributed by atoms with van der Waals surface area (Å²) in [4.78, 5) is 8.67. The third-order valence-corrected chi connectivity index (χ3v) is 3.97. The van der Waals surface area contributed by atoms with Crippen molar-refractivity contribution in [3.05, 3.63) is 60.2 Å². The van der Waals surface area contributed by atoms with Crippen molar-refractivity contribution in [1.82, 2.24) is 9.97 Å². The van der Waals surface area contributed by atoms with Crippen LogP contribution in [-0.2, 0) is 6.54 Å². The van der Waals surface area contributed by atoms with Crippen LogP contribution in [0.2, 0.25) is 0 Å². The highest BCUT2D eigenvalue weighted by Crippen LogP contribution is 2.29. The summed E-state index contributed by atoms with van der Waals surface area (Å²) < 4.78 is 46.8. The van der Waals surface area contributed by atoms with E-state index in [1.165, 1.54) is 18.2 Å². The molecule has 0 bridgehead atoms. The largest absolute Gasteiger partial charge is 0.573 e. The molecule has 0 radical (unpaired) electrons. The number of nitrogens with zero attached hydrogens (tertiary/aromatic N) is 2. The lowest BCUT2D eigenvalue weighted by Gasteiger charge is -2.13. The predicted octanol–water partition coefficient (Wildman–Crippen LogP) is 4.70. The maximum atomic E-state index is 12.5. The van der Waals surface area contributed by atoms with Crippen LogP contribution < -0.4 is 20.1 Å². The first kappa shape index (κ1) is 20.2. The highest BCUT2D eigenvalue weighted by molar-refractivity contribution is 5.66. The predicted molar refractivity (Wildman–Crippen MR) is 104 cm³/mol. The van der Waals surface area contributed by atoms with Gasteiger partial charge in [-0.2, -0.15) is 4.98 Å². The molecule has 0 amide bonds. The topological polar surface area (TPSA) is 68.3 Å². The number of hydrogen-bond acceptors (Lipinski definition) is 6. The summed E-state index contributed by atoms with van der Waals surface area (Å²) >= 11 is 0. The van der Waals surface area contributed by atoms with E-state index in [9.17, 15) is 13.2 Å². The standard InChI is InChI=1S/C20H19F3N4O2/c1-24-19-26-16(13-7-5-8-15(10-13)29-20(21,22)23)11-18(27-19)25-12-14-6-3-4-9-17(14)28-2/h3-11H,12H2,1-2H3,(H2,24,25,26,27). The highest BCUT2D eigenvalue weighted by atomic mass is 19.4. The van der Waals surface area contributed by atoms with Crippen molar-refractivity contribution in [2.45, 2.75) is 12.9 Å². The van der Waals surface area contributed by atoms with Crippen LogP contribution in [0, 0.1) is 0 Å². The van der Waals surface area contributed by atoms with Crippen LogP contribution in [0.5, 0.6) is 11.5 Å². The molecule has 3 aromatic rings. The summed E-state index contributed by atoms with van der Waals surface area (Å²) in [6.07, 6.45) is -4.76. The van der Waals surface area contributed by atoms with Crippen molar-refractivity contribution in [3.8, 4) is 22.8 Å². The summed E-state index contributed by atoms with van der Waals surface area (Å²) in [6.45, 7) is 0.445. The number of methoxy groups -OCH3 is 1. The molecule has 152 valence electrons. The number of nitrogens with one attached hydrogen (secondary N) is 2. The van der Waals surface area contributed by atoms with Crippen LogP contribution in [0.1, 0.15) is 5.56 Å². The molecule has 2 N–H and O–H groups in total. The zero-order valence-electron chi connectivity index (χ0n) is 15.7. The molecule has 0 aliphatic rings. The quantitative estimate of drug-likeness (QED) is 0.595. The lowest BCUT2D eigenvalue weighted by atomic mass is 10.1. The van der Waals surface area contributed by atoms with E-state index in [0.29, 0.717) is 29.6 Å². The van der Waals surface area contributed by atoms with Crippen molar-refractivity contribution >= 4 is 11.8 Å². The zero-order valence-corrected chi connectivity index (χ0v) is 15.7. The van der Waals surface area contributed by atoms with Gasteiger partial charge in [0, 0.05) is 30.8 Å². The van der Waals surface area contributed by atoms with Gasteiger partial charge < -0.3 is 20.1 Å². The Labute approximate surface area is 165 Å². The van der Waals surface area contributed by atoms with Gasteiger partial charge in [-0.05, 0) is 18.2 Å². The molecule has 0 saturated carbocycles. The fraction of sp³-hybridized carbons (Fsp3) is 0.200. The lowest BCUT2D eigenvalue weighted by molar-refractivity contribution is -0.274. The van der Waals surface area contributed by atoms with Crippen LogP contribution in [0.15, 0.2) is 54.6 Å². The van der Waals surface area contributed by atoms with Crippen LogP contribution in [0.4, 0.5) is 24.9 Å². The minimum atomic E-state index is -4.76. The Hall–Kier alpha value is -3.49. The number of ether oxygens (including phenoxy) is 2. The van der Waals surface area contributed by atoms with E-state index in [1.807, 2.05) is 24.3 Å². The number of halogens is 3. The average Bonchev–Trinajstić information content (AvgIpc) is 2.71. The number of benzene rings is 2. The van der Waals surface area contributed by atoms with Gasteiger partial charge >= 0.3 is 6.36 Å². The SMILES string of the molecule is CNc1nc(NCc2ccccc2OC)cc(-c2cccc(OC(F)(F)F)c2)n1. The van der Waals surface area contributed by atoms with Crippen LogP contribution in [-0.4, -0.2) is 30.5 Å². The minimum Gasteiger partial charge on any atom is -0.496 e. The molecular formula is C20H19F3N4O2. The molecule has 0 atom stereocenters. The monoisotopic (exact) mass is 404 g/mol. The van der Waals surface area contributed by atoms with Crippen molar-refractivity contribution in [3.63, 3.8) is 0 Å². The molecule has 29 heavy (non-hydrogen) atoms. The van der Waals surface area contributed by atoms with Crippen molar-refractivity contribution < 1.29 is 22.6 Å². The number of rotatable bonds is 7. The molecule has 6 nitrogen and oxygen atoms in total. The third kappa shape index (κ3) is 5.50. The summed E-state index contributed by atoms with van der Waals surface area (Å²) in [5.41, 5.74) is 1.84. The normalized spacial score (nSPS) is 11.1. The number of para-hydroxylation sites is 1. The van der Waals surface area contributed by atoms with Crippen LogP contribution in [0.3, 0.4) is 0 Å². The minimum absolute atomic E-state index is 0.317. The van der Waals surface area contributed by atoms with E-state index in [4.69, 9.17) is 4.74 Å². The molecule has 0 unspecified atom stereocenters. The molecule has 1 heterocycles. The zero-order chi connectivity index (χ0) is 20.9. The highest BCUT2D eigenvalue weighted by Gasteiger charge is 2.31. The fourth-order valence-electron chi connectivity index (χ4n) is 2.68. The first-order chi connectivity index (χ1) is 13.9. The molecule has 9 heteroatoms. The maximum absolute atomic E-state index is 12.5. The Morgan fingerprint density at radius 3 is 2.52 bits per heavy atom. The second-order valence-corrected chi connectivity index (χ2v) is 5.95. The molecule has 3 rings (SSSR count). The number of alkyl halides is 3. The van der Waals surface area contributed by atoms with E-state index in [-0.39, 0.29) is 5.75 Å². The first-order valence-corrected chi connectivity index (χ1v) is 8.67. The summed E-state index contributed by atoms with van der Waals surface area (Å²) in [5.74, 6) is 1.25. The molecule has 1 aromatic heterocycles. The Morgan fingerprint density at radius 2 is 1.79 bits per heavy atom. The van der Waals surface area contributed by atoms with Crippen molar-refractivity contribution in [2.24, 2.45) is 0 Å². The third-order valence-electron chi connectivity index (χ3n) is 3.97. The van der Waals surface area contributed by atoms with Gasteiger partial charge in [-0.1, -0.05) is 30.3 Å². The molecule has 2 aromatic carbocycles. The lowest BCUT2D eigenvalue weighted by Crippen LogP contribution is -2.17. The number of aromatic nitrogens is 2.